The molecule has 0 heterocycles. The highest BCUT2D eigenvalue weighted by Gasteiger charge is 2.11. The maximum atomic E-state index is 13.5. The second kappa shape index (κ2) is 6.04. The van der Waals surface area contributed by atoms with E-state index >= 15 is 0 Å². The molecule has 2 rings (SSSR count). The Balaban J connectivity index is 2.20. The van der Waals surface area contributed by atoms with Crippen LogP contribution in [0, 0.1) is 5.82 Å². The molecule has 0 atom stereocenters. The van der Waals surface area contributed by atoms with Crippen molar-refractivity contribution in [1.29, 1.82) is 0 Å². The van der Waals surface area contributed by atoms with Gasteiger partial charge in [0, 0.05) is 11.3 Å². The van der Waals surface area contributed by atoms with Crippen molar-refractivity contribution in [3.63, 3.8) is 0 Å². The van der Waals surface area contributed by atoms with E-state index in [-0.39, 0.29) is 16.9 Å². The fraction of sp³-hybridized carbons (Fsp3) is 0.0667. The standard InChI is InChI=1S/C15H12FNO4/c1-21-13-6-5-9(8-12(13)16)14(18)17-11-4-2-3-10(7-11)15(19)20/h2-8H,1H3,(H,17,18)(H,19,20). The number of anilines is 1. The summed E-state index contributed by atoms with van der Waals surface area (Å²) in [5.74, 6) is -2.25. The highest BCUT2D eigenvalue weighted by molar-refractivity contribution is 6.04. The van der Waals surface area contributed by atoms with E-state index in [1.54, 1.807) is 6.07 Å². The van der Waals surface area contributed by atoms with Crippen molar-refractivity contribution >= 4 is 17.6 Å². The molecular formula is C15H12FNO4. The molecular weight excluding hydrogens is 277 g/mol. The normalized spacial score (nSPS) is 10.0. The number of hydrogen-bond donors (Lipinski definition) is 2. The zero-order valence-corrected chi connectivity index (χ0v) is 11.1. The van der Waals surface area contributed by atoms with Gasteiger partial charge in [-0.3, -0.25) is 4.79 Å². The number of benzene rings is 2. The van der Waals surface area contributed by atoms with Crippen molar-refractivity contribution in [2.24, 2.45) is 0 Å². The molecule has 0 bridgehead atoms. The molecule has 0 aliphatic heterocycles. The molecule has 2 aromatic carbocycles. The van der Waals surface area contributed by atoms with Crippen LogP contribution in [0.3, 0.4) is 0 Å². The molecule has 2 aromatic rings. The number of amides is 1. The van der Waals surface area contributed by atoms with E-state index in [1.165, 1.54) is 37.4 Å². The summed E-state index contributed by atoms with van der Waals surface area (Å²) in [6, 6.07) is 9.59. The SMILES string of the molecule is COc1ccc(C(=O)Nc2cccc(C(=O)O)c2)cc1F. The molecule has 5 nitrogen and oxygen atoms in total. The van der Waals surface area contributed by atoms with Gasteiger partial charge in [-0.1, -0.05) is 6.07 Å². The third-order valence-electron chi connectivity index (χ3n) is 2.78. The lowest BCUT2D eigenvalue weighted by Crippen LogP contribution is -2.12. The molecule has 0 aromatic heterocycles. The molecule has 0 radical (unpaired) electrons. The Morgan fingerprint density at radius 3 is 2.52 bits per heavy atom. The van der Waals surface area contributed by atoms with Gasteiger partial charge >= 0.3 is 5.97 Å². The average molecular weight is 289 g/mol. The van der Waals surface area contributed by atoms with E-state index in [0.717, 1.165) is 6.07 Å². The summed E-state index contributed by atoms with van der Waals surface area (Å²) in [6.07, 6.45) is 0. The second-order valence-electron chi connectivity index (χ2n) is 4.19. The summed E-state index contributed by atoms with van der Waals surface area (Å²) < 4.78 is 18.3. The maximum absolute atomic E-state index is 13.5. The number of nitrogens with one attached hydrogen (secondary N) is 1. The van der Waals surface area contributed by atoms with Crippen LogP contribution in [0.15, 0.2) is 42.5 Å². The van der Waals surface area contributed by atoms with Crippen LogP contribution >= 0.6 is 0 Å². The summed E-state index contributed by atoms with van der Waals surface area (Å²) >= 11 is 0. The van der Waals surface area contributed by atoms with Gasteiger partial charge < -0.3 is 15.2 Å². The van der Waals surface area contributed by atoms with Crippen molar-refractivity contribution in [2.45, 2.75) is 0 Å². The van der Waals surface area contributed by atoms with Crippen LogP contribution < -0.4 is 10.1 Å². The first-order chi connectivity index (χ1) is 10.0. The Morgan fingerprint density at radius 2 is 1.90 bits per heavy atom. The number of carbonyl (C=O) groups excluding carboxylic acids is 1. The van der Waals surface area contributed by atoms with E-state index in [2.05, 4.69) is 5.32 Å². The molecule has 108 valence electrons. The largest absolute Gasteiger partial charge is 0.494 e. The molecule has 2 N–H and O–H groups in total. The summed E-state index contributed by atoms with van der Waals surface area (Å²) in [4.78, 5) is 22.8. The Bertz CT molecular complexity index is 700. The third-order valence-corrected chi connectivity index (χ3v) is 2.78. The van der Waals surface area contributed by atoms with E-state index in [4.69, 9.17) is 9.84 Å². The highest BCUT2D eigenvalue weighted by atomic mass is 19.1. The zero-order chi connectivity index (χ0) is 15.4. The Hall–Kier alpha value is -2.89. The summed E-state index contributed by atoms with van der Waals surface area (Å²) in [6.45, 7) is 0. The molecule has 0 spiro atoms. The number of ether oxygens (including phenoxy) is 1. The van der Waals surface area contributed by atoms with Gasteiger partial charge in [0.25, 0.3) is 5.91 Å². The first-order valence-corrected chi connectivity index (χ1v) is 5.99. The predicted octanol–water partition coefficient (Wildman–Crippen LogP) is 2.78. The van der Waals surface area contributed by atoms with Gasteiger partial charge in [0.2, 0.25) is 0 Å². The van der Waals surface area contributed by atoms with Crippen molar-refractivity contribution < 1.29 is 23.8 Å². The first-order valence-electron chi connectivity index (χ1n) is 5.99. The van der Waals surface area contributed by atoms with Gasteiger partial charge in [0.15, 0.2) is 11.6 Å². The summed E-state index contributed by atoms with van der Waals surface area (Å²) in [7, 11) is 1.33. The smallest absolute Gasteiger partial charge is 0.335 e. The number of carboxylic acids is 1. The molecule has 21 heavy (non-hydrogen) atoms. The highest BCUT2D eigenvalue weighted by Crippen LogP contribution is 2.19. The van der Waals surface area contributed by atoms with Crippen molar-refractivity contribution in [3.05, 3.63) is 59.4 Å². The first kappa shape index (κ1) is 14.5. The minimum atomic E-state index is -1.10. The van der Waals surface area contributed by atoms with Crippen LogP contribution in [0.4, 0.5) is 10.1 Å². The number of halogens is 1. The van der Waals surface area contributed by atoms with Gasteiger partial charge in [-0.15, -0.1) is 0 Å². The number of carbonyl (C=O) groups is 2. The molecule has 0 fully saturated rings. The number of carboxylic acid groups (broad SMARTS) is 1. The third kappa shape index (κ3) is 3.36. The van der Waals surface area contributed by atoms with Crippen LogP contribution in [0.1, 0.15) is 20.7 Å². The number of hydrogen-bond acceptors (Lipinski definition) is 3. The Morgan fingerprint density at radius 1 is 1.14 bits per heavy atom. The number of rotatable bonds is 4. The molecule has 0 aliphatic rings. The van der Waals surface area contributed by atoms with Crippen LogP contribution in [-0.4, -0.2) is 24.1 Å². The quantitative estimate of drug-likeness (QED) is 0.907. The minimum absolute atomic E-state index is 0.0411. The van der Waals surface area contributed by atoms with E-state index in [0.29, 0.717) is 5.69 Å². The van der Waals surface area contributed by atoms with Crippen LogP contribution in [-0.2, 0) is 0 Å². The zero-order valence-electron chi connectivity index (χ0n) is 11.1. The molecule has 1 amide bonds. The van der Waals surface area contributed by atoms with Crippen molar-refractivity contribution in [3.8, 4) is 5.75 Å². The minimum Gasteiger partial charge on any atom is -0.494 e. The summed E-state index contributed by atoms with van der Waals surface area (Å²) in [5.41, 5.74) is 0.471. The number of methoxy groups -OCH3 is 1. The fourth-order valence-electron chi connectivity index (χ4n) is 1.74. The molecule has 6 heteroatoms. The second-order valence-corrected chi connectivity index (χ2v) is 4.19. The van der Waals surface area contributed by atoms with E-state index < -0.39 is 17.7 Å². The topological polar surface area (TPSA) is 75.6 Å². The van der Waals surface area contributed by atoms with Crippen molar-refractivity contribution in [2.75, 3.05) is 12.4 Å². The van der Waals surface area contributed by atoms with E-state index in [1.807, 2.05) is 0 Å². The molecule has 0 aliphatic carbocycles. The lowest BCUT2D eigenvalue weighted by molar-refractivity contribution is 0.0696. The van der Waals surface area contributed by atoms with Gasteiger partial charge in [0.1, 0.15) is 0 Å². The van der Waals surface area contributed by atoms with Crippen LogP contribution in [0.5, 0.6) is 5.75 Å². The number of aromatic carboxylic acids is 1. The van der Waals surface area contributed by atoms with Crippen LogP contribution in [0.25, 0.3) is 0 Å². The molecule has 0 unspecified atom stereocenters. The van der Waals surface area contributed by atoms with Gasteiger partial charge in [-0.05, 0) is 36.4 Å². The Kier molecular flexibility index (Phi) is 4.18. The van der Waals surface area contributed by atoms with Gasteiger partial charge in [-0.25, -0.2) is 9.18 Å². The summed E-state index contributed by atoms with van der Waals surface area (Å²) in [5, 5.41) is 11.4. The lowest BCUT2D eigenvalue weighted by Gasteiger charge is -2.07. The predicted molar refractivity (Wildman–Crippen MR) is 74.3 cm³/mol. The van der Waals surface area contributed by atoms with Crippen LogP contribution in [0.2, 0.25) is 0 Å². The maximum Gasteiger partial charge on any atom is 0.335 e. The molecule has 0 saturated heterocycles. The lowest BCUT2D eigenvalue weighted by atomic mass is 10.1. The van der Waals surface area contributed by atoms with Gasteiger partial charge in [-0.2, -0.15) is 0 Å². The fourth-order valence-corrected chi connectivity index (χ4v) is 1.74. The molecule has 0 saturated carbocycles. The monoisotopic (exact) mass is 289 g/mol. The Labute approximate surface area is 120 Å². The van der Waals surface area contributed by atoms with Crippen molar-refractivity contribution in [1.82, 2.24) is 0 Å². The van der Waals surface area contributed by atoms with E-state index in [9.17, 15) is 14.0 Å². The average Bonchev–Trinajstić information content (AvgIpc) is 2.47. The van der Waals surface area contributed by atoms with Gasteiger partial charge in [0.05, 0.1) is 12.7 Å².